The van der Waals surface area contributed by atoms with Crippen LogP contribution in [0.5, 0.6) is 0 Å². The Bertz CT molecular complexity index is 654. The van der Waals surface area contributed by atoms with Crippen LogP contribution < -0.4 is 22.9 Å². The van der Waals surface area contributed by atoms with Crippen LogP contribution in [0.25, 0.3) is 0 Å². The molecule has 0 aromatic heterocycles. The van der Waals surface area contributed by atoms with E-state index in [1.165, 1.54) is 0 Å². The Hall–Kier alpha value is 0.188. The quantitative estimate of drug-likeness (QED) is 0.123. The molecule has 192 valence electrons. The van der Waals surface area contributed by atoms with Crippen LogP contribution in [0, 0.1) is 11.8 Å². The predicted octanol–water partition coefficient (Wildman–Crippen LogP) is -3.12. The number of nitrogens with two attached hydrogens (primary N) is 4. The summed E-state index contributed by atoms with van der Waals surface area (Å²) in [6, 6.07) is 0. The van der Waals surface area contributed by atoms with Crippen molar-refractivity contribution in [3.05, 3.63) is 0 Å². The molecule has 2 aliphatic rings. The minimum atomic E-state index is -4.76. The van der Waals surface area contributed by atoms with Crippen LogP contribution in [0.15, 0.2) is 0 Å². The first-order valence-electron chi connectivity index (χ1n) is 9.05. The van der Waals surface area contributed by atoms with Gasteiger partial charge in [-0.25, -0.2) is 16.8 Å². The third kappa shape index (κ3) is 12.3. The molecule has 0 radical (unpaired) electrons. The molecule has 0 aromatic rings. The smallest absolute Gasteiger partial charge is 0.725 e. The molecule has 0 spiro atoms. The summed E-state index contributed by atoms with van der Waals surface area (Å²) >= 11 is 0. The largest absolute Gasteiger partial charge is 2.00 e. The van der Waals surface area contributed by atoms with Crippen LogP contribution in [0.4, 0.5) is 0 Å². The SMILES string of the molecule is NC[C@@H]1CCCC[C@]1(N)OS(=O)(=O)[O-].NC[C@@H]1CCCC[C@]1(N)OS(=O)(=O)[O-].O.O.[Pt+2]. The van der Waals surface area contributed by atoms with Gasteiger partial charge in [-0.05, 0) is 51.6 Å². The minimum absolute atomic E-state index is 0. The summed E-state index contributed by atoms with van der Waals surface area (Å²) in [4.78, 5) is 0. The van der Waals surface area contributed by atoms with Gasteiger partial charge in [0.25, 0.3) is 0 Å². The topological polar surface area (TPSA) is 300 Å². The third-order valence-corrected chi connectivity index (χ3v) is 6.23. The Morgan fingerprint density at radius 3 is 1.26 bits per heavy atom. The Morgan fingerprint density at radius 1 is 0.742 bits per heavy atom. The van der Waals surface area contributed by atoms with Gasteiger partial charge in [0.15, 0.2) is 0 Å². The molecule has 4 atom stereocenters. The van der Waals surface area contributed by atoms with E-state index in [2.05, 4.69) is 8.37 Å². The molecule has 0 heterocycles. The Labute approximate surface area is 197 Å². The van der Waals surface area contributed by atoms with Gasteiger partial charge >= 0.3 is 21.1 Å². The van der Waals surface area contributed by atoms with Crippen molar-refractivity contribution in [2.24, 2.45) is 34.8 Å². The number of hydrogen-bond donors (Lipinski definition) is 4. The van der Waals surface area contributed by atoms with Gasteiger partial charge in [0.1, 0.15) is 11.4 Å². The first-order valence-corrected chi connectivity index (χ1v) is 11.7. The Morgan fingerprint density at radius 2 is 1.03 bits per heavy atom. The summed E-state index contributed by atoms with van der Waals surface area (Å²) in [5, 5.41) is 0. The van der Waals surface area contributed by atoms with Gasteiger partial charge in [0.05, 0.1) is 0 Å². The molecule has 2 saturated carbocycles. The second kappa shape index (κ2) is 14.5. The normalized spacial score (nSPS) is 31.0. The van der Waals surface area contributed by atoms with E-state index in [1.54, 1.807) is 0 Å². The Kier molecular flexibility index (Phi) is 16.7. The fourth-order valence-electron chi connectivity index (χ4n) is 3.72. The van der Waals surface area contributed by atoms with E-state index in [0.29, 0.717) is 25.7 Å². The van der Waals surface area contributed by atoms with Crippen LogP contribution in [-0.2, 0) is 50.2 Å². The van der Waals surface area contributed by atoms with Gasteiger partial charge in [-0.3, -0.25) is 8.37 Å². The zero-order valence-corrected chi connectivity index (χ0v) is 20.8. The van der Waals surface area contributed by atoms with Gasteiger partial charge in [0, 0.05) is 11.8 Å². The maximum atomic E-state index is 10.5. The minimum Gasteiger partial charge on any atom is -0.725 e. The van der Waals surface area contributed by atoms with Crippen molar-refractivity contribution in [3.8, 4) is 0 Å². The van der Waals surface area contributed by atoms with Crippen LogP contribution in [-0.4, -0.2) is 61.4 Å². The van der Waals surface area contributed by atoms with E-state index in [1.807, 2.05) is 0 Å². The van der Waals surface area contributed by atoms with Gasteiger partial charge < -0.3 is 43.0 Å². The van der Waals surface area contributed by atoms with E-state index in [0.717, 1.165) is 25.7 Å². The van der Waals surface area contributed by atoms with Crippen LogP contribution in [0.1, 0.15) is 51.4 Å². The molecular weight excluding hydrogens is 643 g/mol. The summed E-state index contributed by atoms with van der Waals surface area (Å²) < 4.78 is 71.6. The van der Waals surface area contributed by atoms with E-state index in [4.69, 9.17) is 22.9 Å². The van der Waals surface area contributed by atoms with Crippen molar-refractivity contribution in [3.63, 3.8) is 0 Å². The molecule has 2 rings (SSSR count). The Balaban J connectivity index is -0.000000461. The molecule has 0 saturated heterocycles. The average molecular weight is 678 g/mol. The first-order chi connectivity index (χ1) is 12.7. The molecule has 0 aromatic carbocycles. The second-order valence-corrected chi connectivity index (χ2v) is 9.22. The molecule has 14 nitrogen and oxygen atoms in total. The van der Waals surface area contributed by atoms with Crippen LogP contribution in [0.2, 0.25) is 0 Å². The molecule has 0 bridgehead atoms. The van der Waals surface area contributed by atoms with Gasteiger partial charge in [0.2, 0.25) is 20.8 Å². The molecular formula is C14H34N4O10PtS2. The van der Waals surface area contributed by atoms with Crippen molar-refractivity contribution in [2.75, 3.05) is 13.1 Å². The number of hydrogen-bond acceptors (Lipinski definition) is 12. The molecule has 31 heavy (non-hydrogen) atoms. The second-order valence-electron chi connectivity index (χ2n) is 7.25. The monoisotopic (exact) mass is 677 g/mol. The maximum absolute atomic E-state index is 10.5. The summed E-state index contributed by atoms with van der Waals surface area (Å²) in [6.07, 6.45) is 5.48. The predicted molar refractivity (Wildman–Crippen MR) is 105 cm³/mol. The fraction of sp³-hybridized carbons (Fsp3) is 1.00. The van der Waals surface area contributed by atoms with Crippen molar-refractivity contribution in [1.29, 1.82) is 0 Å². The van der Waals surface area contributed by atoms with Gasteiger partial charge in [-0.15, -0.1) is 0 Å². The molecule has 0 aliphatic heterocycles. The zero-order chi connectivity index (χ0) is 21.6. The van der Waals surface area contributed by atoms with Crippen LogP contribution >= 0.6 is 0 Å². The molecule has 0 unspecified atom stereocenters. The summed E-state index contributed by atoms with van der Waals surface area (Å²) in [5.74, 6) is -0.528. The molecule has 17 heteroatoms. The summed E-state index contributed by atoms with van der Waals surface area (Å²) in [7, 11) is -9.51. The first kappa shape index (κ1) is 35.8. The van der Waals surface area contributed by atoms with Crippen molar-refractivity contribution >= 4 is 20.8 Å². The van der Waals surface area contributed by atoms with E-state index >= 15 is 0 Å². The van der Waals surface area contributed by atoms with Crippen molar-refractivity contribution in [1.82, 2.24) is 0 Å². The van der Waals surface area contributed by atoms with Gasteiger partial charge in [-0.2, -0.15) is 0 Å². The molecule has 12 N–H and O–H groups in total. The summed E-state index contributed by atoms with van der Waals surface area (Å²) in [6.45, 7) is 0.456. The fourth-order valence-corrected chi connectivity index (χ4v) is 4.91. The number of rotatable bonds is 6. The van der Waals surface area contributed by atoms with Crippen molar-refractivity contribution in [2.45, 2.75) is 62.8 Å². The van der Waals surface area contributed by atoms with Crippen molar-refractivity contribution < 1.29 is 66.3 Å². The molecule has 2 aliphatic carbocycles. The van der Waals surface area contributed by atoms with E-state index in [-0.39, 0.29) is 56.9 Å². The molecule has 0 amide bonds. The van der Waals surface area contributed by atoms with Gasteiger partial charge in [-0.1, -0.05) is 12.8 Å². The average Bonchev–Trinajstić information content (AvgIpc) is 2.52. The standard InChI is InChI=1S/2C7H16N2O4S.2H2O.Pt/c2*8-5-6-3-1-2-4-7(6,9)13-14(10,11)12;;;/h2*6H,1-5,8-9H2,(H,10,11,12);2*1H2;/q;;;;+2/p-2/t2*6-,7-;;;/m00.../s1. The molecule has 2 fully saturated rings. The summed E-state index contributed by atoms with van der Waals surface area (Å²) in [5.41, 5.74) is 19.5. The van der Waals surface area contributed by atoms with E-state index < -0.39 is 32.2 Å². The third-order valence-electron chi connectivity index (χ3n) is 5.21. The van der Waals surface area contributed by atoms with Crippen LogP contribution in [0.3, 0.4) is 0 Å². The maximum Gasteiger partial charge on any atom is 2.00 e. The zero-order valence-electron chi connectivity index (χ0n) is 16.9. The van der Waals surface area contributed by atoms with E-state index in [9.17, 15) is 25.9 Å².